The van der Waals surface area contributed by atoms with E-state index >= 15 is 0 Å². The highest BCUT2D eigenvalue weighted by Gasteiger charge is 2.22. The average Bonchev–Trinajstić information content (AvgIpc) is 1.53. The topological polar surface area (TPSA) is 89.3 Å². The fraction of sp³-hybridized carbons (Fsp3) is 0.857. The van der Waals surface area contributed by atoms with Gasteiger partial charge < -0.3 is 16.6 Å². The zero-order chi connectivity index (χ0) is 9.07. The van der Waals surface area contributed by atoms with Crippen LogP contribution in [0.4, 0.5) is 0 Å². The van der Waals surface area contributed by atoms with Gasteiger partial charge in [0.25, 0.3) is 0 Å². The predicted molar refractivity (Wildman–Crippen MR) is 42.7 cm³/mol. The molecule has 0 spiro atoms. The summed E-state index contributed by atoms with van der Waals surface area (Å²) in [5.74, 6) is -0.435. The van der Waals surface area contributed by atoms with Gasteiger partial charge in [0.1, 0.15) is 0 Å². The third-order valence-electron chi connectivity index (χ3n) is 1.34. The number of nitrogens with two attached hydrogens (primary N) is 2. The van der Waals surface area contributed by atoms with Gasteiger partial charge in [-0.2, -0.15) is 0 Å². The van der Waals surface area contributed by atoms with Crippen LogP contribution in [0, 0.1) is 0 Å². The molecule has 0 bridgehead atoms. The van der Waals surface area contributed by atoms with E-state index in [0.717, 1.165) is 0 Å². The number of hydrogen-bond acceptors (Lipinski definition) is 3. The average molecular weight is 160 g/mol. The molecule has 66 valence electrons. The van der Waals surface area contributed by atoms with E-state index in [9.17, 15) is 4.79 Å². The molecule has 2 atom stereocenters. The third-order valence-corrected chi connectivity index (χ3v) is 1.34. The molecule has 0 heterocycles. The van der Waals surface area contributed by atoms with E-state index in [1.807, 2.05) is 0 Å². The third kappa shape index (κ3) is 5.82. The SMILES string of the molecule is C[C@@H](O)CC(C)(N)CC(N)=O. The minimum absolute atomic E-state index is 0.109. The molecule has 0 rings (SSSR count). The molecule has 5 N–H and O–H groups in total. The van der Waals surface area contributed by atoms with E-state index in [1.54, 1.807) is 13.8 Å². The second kappa shape index (κ2) is 3.69. The zero-order valence-electron chi connectivity index (χ0n) is 7.00. The van der Waals surface area contributed by atoms with Gasteiger partial charge in [0.2, 0.25) is 5.91 Å². The van der Waals surface area contributed by atoms with E-state index < -0.39 is 17.6 Å². The van der Waals surface area contributed by atoms with Crippen molar-refractivity contribution in [3.05, 3.63) is 0 Å². The van der Waals surface area contributed by atoms with Gasteiger partial charge in [-0.05, 0) is 20.3 Å². The standard InChI is InChI=1S/C7H16N2O2/c1-5(10)3-7(2,9)4-6(8)11/h5,10H,3-4,9H2,1-2H3,(H2,8,11)/t5-,7?/m1/s1. The number of aliphatic hydroxyl groups excluding tert-OH is 1. The van der Waals surface area contributed by atoms with Gasteiger partial charge in [-0.25, -0.2) is 0 Å². The molecule has 0 aromatic heterocycles. The summed E-state index contributed by atoms with van der Waals surface area (Å²) in [6.07, 6.45) is -0.00208. The van der Waals surface area contributed by atoms with Crippen LogP contribution in [0.3, 0.4) is 0 Å². The van der Waals surface area contributed by atoms with Crippen LogP contribution in [0.1, 0.15) is 26.7 Å². The number of primary amides is 1. The van der Waals surface area contributed by atoms with Crippen molar-refractivity contribution in [1.82, 2.24) is 0 Å². The lowest BCUT2D eigenvalue weighted by molar-refractivity contribution is -0.119. The zero-order valence-corrected chi connectivity index (χ0v) is 7.00. The molecular weight excluding hydrogens is 144 g/mol. The molecule has 4 heteroatoms. The Bertz CT molecular complexity index is 143. The Balaban J connectivity index is 3.89. The van der Waals surface area contributed by atoms with E-state index in [2.05, 4.69) is 0 Å². The van der Waals surface area contributed by atoms with Crippen LogP contribution in [0.5, 0.6) is 0 Å². The monoisotopic (exact) mass is 160 g/mol. The minimum atomic E-state index is -0.681. The normalized spacial score (nSPS) is 18.9. The molecule has 0 aliphatic rings. The smallest absolute Gasteiger partial charge is 0.219 e. The van der Waals surface area contributed by atoms with Crippen molar-refractivity contribution in [2.24, 2.45) is 11.5 Å². The van der Waals surface area contributed by atoms with Crippen LogP contribution in [0.2, 0.25) is 0 Å². The fourth-order valence-electron chi connectivity index (χ4n) is 1.15. The van der Waals surface area contributed by atoms with Crippen molar-refractivity contribution < 1.29 is 9.90 Å². The molecule has 4 nitrogen and oxygen atoms in total. The molecule has 0 saturated carbocycles. The number of aliphatic hydroxyl groups is 1. The second-order valence-corrected chi connectivity index (χ2v) is 3.35. The Morgan fingerprint density at radius 2 is 2.18 bits per heavy atom. The van der Waals surface area contributed by atoms with Crippen molar-refractivity contribution in [3.63, 3.8) is 0 Å². The van der Waals surface area contributed by atoms with Gasteiger partial charge >= 0.3 is 0 Å². The predicted octanol–water partition coefficient (Wildman–Crippen LogP) is -0.650. The molecule has 0 fully saturated rings. The van der Waals surface area contributed by atoms with Crippen LogP contribution >= 0.6 is 0 Å². The number of carbonyl (C=O) groups excluding carboxylic acids is 1. The lowest BCUT2D eigenvalue weighted by Gasteiger charge is -2.24. The molecule has 0 saturated heterocycles. The van der Waals surface area contributed by atoms with Crippen molar-refractivity contribution in [2.45, 2.75) is 38.3 Å². The first-order valence-electron chi connectivity index (χ1n) is 3.59. The summed E-state index contributed by atoms with van der Waals surface area (Å²) in [5.41, 5.74) is 9.93. The highest BCUT2D eigenvalue weighted by Crippen LogP contribution is 2.12. The van der Waals surface area contributed by atoms with Crippen LogP contribution in [0.15, 0.2) is 0 Å². The maximum absolute atomic E-state index is 10.5. The van der Waals surface area contributed by atoms with E-state index in [4.69, 9.17) is 16.6 Å². The summed E-state index contributed by atoms with van der Waals surface area (Å²) in [4.78, 5) is 10.5. The summed E-state index contributed by atoms with van der Waals surface area (Å²) in [6.45, 7) is 3.33. The van der Waals surface area contributed by atoms with Gasteiger partial charge in [-0.15, -0.1) is 0 Å². The van der Waals surface area contributed by atoms with Gasteiger partial charge in [0.15, 0.2) is 0 Å². The molecular formula is C7H16N2O2. The van der Waals surface area contributed by atoms with E-state index in [0.29, 0.717) is 6.42 Å². The Kier molecular flexibility index (Phi) is 3.48. The number of hydrogen-bond donors (Lipinski definition) is 3. The van der Waals surface area contributed by atoms with Gasteiger partial charge in [0.05, 0.1) is 6.10 Å². The molecule has 1 amide bonds. The molecule has 0 radical (unpaired) electrons. The number of amides is 1. The maximum Gasteiger partial charge on any atom is 0.219 e. The molecule has 0 aliphatic carbocycles. The quantitative estimate of drug-likeness (QED) is 0.510. The molecule has 0 aromatic carbocycles. The first-order chi connectivity index (χ1) is 4.83. The Labute approximate surface area is 66.6 Å². The summed E-state index contributed by atoms with van der Waals surface area (Å²) in [6, 6.07) is 0. The van der Waals surface area contributed by atoms with E-state index in [1.165, 1.54) is 0 Å². The first kappa shape index (κ1) is 10.4. The van der Waals surface area contributed by atoms with Crippen LogP contribution in [0.25, 0.3) is 0 Å². The highest BCUT2D eigenvalue weighted by atomic mass is 16.3. The molecule has 0 aromatic rings. The van der Waals surface area contributed by atoms with Crippen LogP contribution in [-0.4, -0.2) is 22.7 Å². The Morgan fingerprint density at radius 3 is 2.45 bits per heavy atom. The molecule has 11 heavy (non-hydrogen) atoms. The summed E-state index contributed by atoms with van der Waals surface area (Å²) >= 11 is 0. The summed E-state index contributed by atoms with van der Waals surface area (Å²) in [5, 5.41) is 8.97. The number of rotatable bonds is 4. The minimum Gasteiger partial charge on any atom is -0.393 e. The van der Waals surface area contributed by atoms with E-state index in [-0.39, 0.29) is 6.42 Å². The first-order valence-corrected chi connectivity index (χ1v) is 3.59. The van der Waals surface area contributed by atoms with Crippen molar-refractivity contribution >= 4 is 5.91 Å². The highest BCUT2D eigenvalue weighted by molar-refractivity contribution is 5.75. The fourth-order valence-corrected chi connectivity index (χ4v) is 1.15. The van der Waals surface area contributed by atoms with Gasteiger partial charge in [-0.1, -0.05) is 0 Å². The Hall–Kier alpha value is -0.610. The van der Waals surface area contributed by atoms with Crippen molar-refractivity contribution in [3.8, 4) is 0 Å². The maximum atomic E-state index is 10.5. The second-order valence-electron chi connectivity index (χ2n) is 3.35. The molecule has 1 unspecified atom stereocenters. The lowest BCUT2D eigenvalue weighted by Crippen LogP contribution is -2.42. The van der Waals surface area contributed by atoms with Crippen molar-refractivity contribution in [1.29, 1.82) is 0 Å². The molecule has 0 aliphatic heterocycles. The van der Waals surface area contributed by atoms with Crippen LogP contribution < -0.4 is 11.5 Å². The number of carbonyl (C=O) groups is 1. The largest absolute Gasteiger partial charge is 0.393 e. The summed E-state index contributed by atoms with van der Waals surface area (Å²) in [7, 11) is 0. The van der Waals surface area contributed by atoms with Gasteiger partial charge in [-0.3, -0.25) is 4.79 Å². The van der Waals surface area contributed by atoms with Crippen molar-refractivity contribution in [2.75, 3.05) is 0 Å². The summed E-state index contributed by atoms with van der Waals surface area (Å²) < 4.78 is 0. The lowest BCUT2D eigenvalue weighted by atomic mass is 9.92. The van der Waals surface area contributed by atoms with Crippen LogP contribution in [-0.2, 0) is 4.79 Å². The Morgan fingerprint density at radius 1 is 1.73 bits per heavy atom. The van der Waals surface area contributed by atoms with Gasteiger partial charge in [0, 0.05) is 12.0 Å².